The lowest BCUT2D eigenvalue weighted by atomic mass is 10.0. The number of nitrogens with zero attached hydrogens (tertiary/aromatic N) is 2. The van der Waals surface area contributed by atoms with Gasteiger partial charge in [-0.3, -0.25) is 5.10 Å². The predicted octanol–water partition coefficient (Wildman–Crippen LogP) is 1.99. The van der Waals surface area contributed by atoms with Gasteiger partial charge >= 0.3 is 6.03 Å². The molecule has 0 spiro atoms. The molecule has 0 aliphatic heterocycles. The highest BCUT2D eigenvalue weighted by Crippen LogP contribution is 2.16. The number of amides is 2. The lowest BCUT2D eigenvalue weighted by molar-refractivity contribution is 0.230. The maximum absolute atomic E-state index is 11.9. The second kappa shape index (κ2) is 9.02. The number of aliphatic hydroxyl groups is 1. The molecule has 1 unspecified atom stereocenters. The molecule has 0 saturated carbocycles. The summed E-state index contributed by atoms with van der Waals surface area (Å²) >= 11 is 0. The van der Waals surface area contributed by atoms with Gasteiger partial charge in [0.1, 0.15) is 5.82 Å². The number of aryl methyl sites for hydroxylation is 1. The Morgan fingerprint density at radius 1 is 1.38 bits per heavy atom. The van der Waals surface area contributed by atoms with Crippen LogP contribution < -0.4 is 10.6 Å². The number of H-pyrrole nitrogens is 1. The van der Waals surface area contributed by atoms with E-state index in [1.54, 1.807) is 0 Å². The first-order chi connectivity index (χ1) is 11.6. The monoisotopic (exact) mass is 331 g/mol. The normalized spacial score (nSPS) is 12.0. The van der Waals surface area contributed by atoms with Crippen molar-refractivity contribution in [3.05, 3.63) is 35.7 Å². The summed E-state index contributed by atoms with van der Waals surface area (Å²) in [6.07, 6.45) is 1.63. The summed E-state index contributed by atoms with van der Waals surface area (Å²) < 4.78 is 0. The van der Waals surface area contributed by atoms with Gasteiger partial charge in [0.2, 0.25) is 0 Å². The van der Waals surface area contributed by atoms with E-state index in [9.17, 15) is 4.79 Å². The lowest BCUT2D eigenvalue weighted by Crippen LogP contribution is -2.38. The molecule has 1 aromatic heterocycles. The van der Waals surface area contributed by atoms with E-state index in [2.05, 4.69) is 32.7 Å². The van der Waals surface area contributed by atoms with E-state index in [1.807, 2.05) is 31.2 Å². The van der Waals surface area contributed by atoms with E-state index >= 15 is 0 Å². The molecular weight excluding hydrogens is 306 g/mol. The smallest absolute Gasteiger partial charge is 0.315 e. The Balaban J connectivity index is 1.84. The topological polar surface area (TPSA) is 103 Å². The summed E-state index contributed by atoms with van der Waals surface area (Å²) in [7, 11) is 0. The molecule has 0 aliphatic carbocycles. The number of urea groups is 1. The Bertz CT molecular complexity index is 656. The Morgan fingerprint density at radius 2 is 2.21 bits per heavy atom. The second-order valence-electron chi connectivity index (χ2n) is 5.79. The molecule has 7 heteroatoms. The third kappa shape index (κ3) is 5.34. The SMILES string of the molecule is CCC(CCO)CNC(=O)NCc1cccc(-c2n[nH]c(C)n2)c1. The Labute approximate surface area is 141 Å². The van der Waals surface area contributed by atoms with Crippen LogP contribution in [0.4, 0.5) is 4.79 Å². The van der Waals surface area contributed by atoms with Crippen LogP contribution in [0.15, 0.2) is 24.3 Å². The highest BCUT2D eigenvalue weighted by atomic mass is 16.3. The van der Waals surface area contributed by atoms with Gasteiger partial charge in [0.15, 0.2) is 5.82 Å². The van der Waals surface area contributed by atoms with E-state index in [1.165, 1.54) is 0 Å². The maximum atomic E-state index is 11.9. The highest BCUT2D eigenvalue weighted by Gasteiger charge is 2.08. The fourth-order valence-corrected chi connectivity index (χ4v) is 2.41. The van der Waals surface area contributed by atoms with Crippen LogP contribution in [0.25, 0.3) is 11.4 Å². The number of carbonyl (C=O) groups excluding carboxylic acids is 1. The van der Waals surface area contributed by atoms with Gasteiger partial charge in [0, 0.05) is 25.3 Å². The molecule has 130 valence electrons. The van der Waals surface area contributed by atoms with Crippen molar-refractivity contribution in [3.63, 3.8) is 0 Å². The fraction of sp³-hybridized carbons (Fsp3) is 0.471. The lowest BCUT2D eigenvalue weighted by Gasteiger charge is -2.14. The average molecular weight is 331 g/mol. The number of aliphatic hydroxyl groups excluding tert-OH is 1. The molecule has 0 aliphatic rings. The van der Waals surface area contributed by atoms with Gasteiger partial charge in [-0.05, 0) is 30.9 Å². The summed E-state index contributed by atoms with van der Waals surface area (Å²) in [5, 5.41) is 21.6. The molecule has 1 aromatic carbocycles. The van der Waals surface area contributed by atoms with Crippen molar-refractivity contribution in [3.8, 4) is 11.4 Å². The van der Waals surface area contributed by atoms with Crippen molar-refractivity contribution in [1.82, 2.24) is 25.8 Å². The number of hydrogen-bond acceptors (Lipinski definition) is 4. The molecule has 0 bridgehead atoms. The van der Waals surface area contributed by atoms with Gasteiger partial charge in [-0.1, -0.05) is 31.5 Å². The van der Waals surface area contributed by atoms with Crippen molar-refractivity contribution in [2.75, 3.05) is 13.2 Å². The number of benzene rings is 1. The quantitative estimate of drug-likeness (QED) is 0.594. The van der Waals surface area contributed by atoms with Crippen LogP contribution in [0.1, 0.15) is 31.2 Å². The molecule has 7 nitrogen and oxygen atoms in total. The average Bonchev–Trinajstić information content (AvgIpc) is 3.03. The Hall–Kier alpha value is -2.41. The van der Waals surface area contributed by atoms with Crippen molar-refractivity contribution in [1.29, 1.82) is 0 Å². The van der Waals surface area contributed by atoms with E-state index in [-0.39, 0.29) is 12.6 Å². The first-order valence-electron chi connectivity index (χ1n) is 8.23. The minimum Gasteiger partial charge on any atom is -0.396 e. The maximum Gasteiger partial charge on any atom is 0.315 e. The molecule has 2 aromatic rings. The number of nitrogens with one attached hydrogen (secondary N) is 3. The molecular formula is C17H25N5O2. The van der Waals surface area contributed by atoms with Gasteiger partial charge in [-0.15, -0.1) is 0 Å². The number of aromatic nitrogens is 3. The predicted molar refractivity (Wildman–Crippen MR) is 92.3 cm³/mol. The number of rotatable bonds is 8. The zero-order valence-electron chi connectivity index (χ0n) is 14.2. The minimum absolute atomic E-state index is 0.148. The van der Waals surface area contributed by atoms with E-state index in [4.69, 9.17) is 5.11 Å². The third-order valence-electron chi connectivity index (χ3n) is 3.90. The van der Waals surface area contributed by atoms with Crippen LogP contribution in [0.5, 0.6) is 0 Å². The van der Waals surface area contributed by atoms with Crippen molar-refractivity contribution in [2.24, 2.45) is 5.92 Å². The largest absolute Gasteiger partial charge is 0.396 e. The van der Waals surface area contributed by atoms with E-state index < -0.39 is 0 Å². The van der Waals surface area contributed by atoms with Crippen LogP contribution in [0.3, 0.4) is 0 Å². The zero-order chi connectivity index (χ0) is 17.4. The van der Waals surface area contributed by atoms with Crippen LogP contribution >= 0.6 is 0 Å². The van der Waals surface area contributed by atoms with Crippen LogP contribution in [0, 0.1) is 12.8 Å². The standard InChI is InChI=1S/C17H25N5O2/c1-3-13(7-8-23)10-18-17(24)19-11-14-5-4-6-15(9-14)16-20-12(2)21-22-16/h4-6,9,13,23H,3,7-8,10-11H2,1-2H3,(H2,18,19,24)(H,20,21,22). The van der Waals surface area contributed by atoms with E-state index in [0.717, 1.165) is 23.4 Å². The molecule has 1 heterocycles. The molecule has 2 rings (SSSR count). The summed E-state index contributed by atoms with van der Waals surface area (Å²) in [6.45, 7) is 5.05. The summed E-state index contributed by atoms with van der Waals surface area (Å²) in [4.78, 5) is 16.2. The summed E-state index contributed by atoms with van der Waals surface area (Å²) in [6, 6.07) is 7.57. The van der Waals surface area contributed by atoms with Gasteiger partial charge in [-0.2, -0.15) is 5.10 Å². The fourth-order valence-electron chi connectivity index (χ4n) is 2.41. The third-order valence-corrected chi connectivity index (χ3v) is 3.90. The Morgan fingerprint density at radius 3 is 2.88 bits per heavy atom. The highest BCUT2D eigenvalue weighted by molar-refractivity contribution is 5.73. The molecule has 4 N–H and O–H groups in total. The number of hydrogen-bond donors (Lipinski definition) is 4. The van der Waals surface area contributed by atoms with Crippen LogP contribution in [-0.4, -0.2) is 39.5 Å². The minimum atomic E-state index is -0.203. The molecule has 24 heavy (non-hydrogen) atoms. The Kier molecular flexibility index (Phi) is 6.74. The van der Waals surface area contributed by atoms with E-state index in [0.29, 0.717) is 31.3 Å². The summed E-state index contributed by atoms with van der Waals surface area (Å²) in [5.74, 6) is 1.72. The van der Waals surface area contributed by atoms with Gasteiger partial charge in [-0.25, -0.2) is 9.78 Å². The molecule has 1 atom stereocenters. The number of carbonyl (C=O) groups is 1. The zero-order valence-corrected chi connectivity index (χ0v) is 14.2. The number of aromatic amines is 1. The summed E-state index contributed by atoms with van der Waals surface area (Å²) in [5.41, 5.74) is 1.89. The van der Waals surface area contributed by atoms with Gasteiger partial charge in [0.25, 0.3) is 0 Å². The first-order valence-corrected chi connectivity index (χ1v) is 8.23. The van der Waals surface area contributed by atoms with Gasteiger partial charge in [0.05, 0.1) is 0 Å². The molecule has 0 saturated heterocycles. The van der Waals surface area contributed by atoms with Crippen LogP contribution in [0.2, 0.25) is 0 Å². The van der Waals surface area contributed by atoms with Crippen molar-refractivity contribution >= 4 is 6.03 Å². The molecule has 2 amide bonds. The van der Waals surface area contributed by atoms with Crippen molar-refractivity contribution < 1.29 is 9.90 Å². The second-order valence-corrected chi connectivity index (χ2v) is 5.79. The van der Waals surface area contributed by atoms with Crippen molar-refractivity contribution in [2.45, 2.75) is 33.2 Å². The molecule has 0 fully saturated rings. The molecule has 0 radical (unpaired) electrons. The first kappa shape index (κ1) is 17.9. The van der Waals surface area contributed by atoms with Gasteiger partial charge < -0.3 is 15.7 Å². The van der Waals surface area contributed by atoms with Crippen LogP contribution in [-0.2, 0) is 6.54 Å².